The maximum Gasteiger partial charge on any atom is 0.153 e. The molecule has 2 fully saturated rings. The van der Waals surface area contributed by atoms with Crippen molar-refractivity contribution in [1.29, 1.82) is 0 Å². The Morgan fingerprint density at radius 1 is 0.964 bits per heavy atom. The van der Waals surface area contributed by atoms with Crippen LogP contribution in [0.25, 0.3) is 10.9 Å². The third-order valence-corrected chi connectivity index (χ3v) is 6.73. The third-order valence-electron chi connectivity index (χ3n) is 6.73. The van der Waals surface area contributed by atoms with E-state index in [1.165, 1.54) is 59.2 Å². The SMILES string of the molecule is Cc1c(C)n(CC2CC2)c2c(N3CCC(c4ccccc4)CC3)nccc12.Cl. The van der Waals surface area contributed by atoms with Crippen molar-refractivity contribution in [1.82, 2.24) is 9.55 Å². The lowest BCUT2D eigenvalue weighted by Gasteiger charge is -2.33. The van der Waals surface area contributed by atoms with Gasteiger partial charge in [-0.1, -0.05) is 30.3 Å². The van der Waals surface area contributed by atoms with Gasteiger partial charge in [-0.3, -0.25) is 0 Å². The van der Waals surface area contributed by atoms with Gasteiger partial charge in [0.2, 0.25) is 0 Å². The molecule has 3 heterocycles. The Balaban J connectivity index is 0.00000192. The van der Waals surface area contributed by atoms with Crippen LogP contribution in [-0.4, -0.2) is 22.6 Å². The fraction of sp³-hybridized carbons (Fsp3) is 0.458. The van der Waals surface area contributed by atoms with Crippen molar-refractivity contribution in [3.8, 4) is 0 Å². The summed E-state index contributed by atoms with van der Waals surface area (Å²) in [4.78, 5) is 7.41. The number of hydrogen-bond donors (Lipinski definition) is 0. The molecule has 0 amide bonds. The predicted octanol–water partition coefficient (Wildman–Crippen LogP) is 5.87. The molecule has 0 bridgehead atoms. The van der Waals surface area contributed by atoms with E-state index in [2.05, 4.69) is 59.7 Å². The Kier molecular flexibility index (Phi) is 5.37. The average molecular weight is 396 g/mol. The van der Waals surface area contributed by atoms with Gasteiger partial charge >= 0.3 is 0 Å². The Bertz CT molecular complexity index is 951. The second-order valence-corrected chi connectivity index (χ2v) is 8.47. The molecule has 0 radical (unpaired) electrons. The monoisotopic (exact) mass is 395 g/mol. The molecule has 3 nitrogen and oxygen atoms in total. The van der Waals surface area contributed by atoms with E-state index in [1.54, 1.807) is 0 Å². The van der Waals surface area contributed by atoms with Gasteiger partial charge in [0, 0.05) is 36.9 Å². The fourth-order valence-electron chi connectivity index (χ4n) is 4.74. The molecule has 148 valence electrons. The van der Waals surface area contributed by atoms with Crippen molar-refractivity contribution in [3.05, 3.63) is 59.4 Å². The molecule has 1 aromatic carbocycles. The summed E-state index contributed by atoms with van der Waals surface area (Å²) in [6.07, 6.45) is 7.20. The predicted molar refractivity (Wildman–Crippen MR) is 120 cm³/mol. The number of hydrogen-bond acceptors (Lipinski definition) is 2. The molecule has 0 N–H and O–H groups in total. The van der Waals surface area contributed by atoms with Crippen molar-refractivity contribution in [3.63, 3.8) is 0 Å². The van der Waals surface area contributed by atoms with Gasteiger partial charge in [-0.25, -0.2) is 4.98 Å². The topological polar surface area (TPSA) is 21.1 Å². The van der Waals surface area contributed by atoms with E-state index in [-0.39, 0.29) is 12.4 Å². The number of anilines is 1. The van der Waals surface area contributed by atoms with E-state index in [0.717, 1.165) is 25.6 Å². The Labute approximate surface area is 174 Å². The van der Waals surface area contributed by atoms with Crippen LogP contribution in [0.3, 0.4) is 0 Å². The Hall–Kier alpha value is -2.00. The zero-order valence-electron chi connectivity index (χ0n) is 16.9. The van der Waals surface area contributed by atoms with Gasteiger partial charge in [0.1, 0.15) is 0 Å². The lowest BCUT2D eigenvalue weighted by atomic mass is 9.89. The zero-order valence-corrected chi connectivity index (χ0v) is 17.7. The lowest BCUT2D eigenvalue weighted by molar-refractivity contribution is 0.502. The van der Waals surface area contributed by atoms with Crippen LogP contribution in [0.4, 0.5) is 5.82 Å². The van der Waals surface area contributed by atoms with Gasteiger partial charge < -0.3 is 9.47 Å². The molecule has 0 unspecified atom stereocenters. The first-order chi connectivity index (χ1) is 13.2. The molecule has 2 aromatic heterocycles. The second kappa shape index (κ2) is 7.79. The van der Waals surface area contributed by atoms with Crippen LogP contribution in [0.2, 0.25) is 0 Å². The van der Waals surface area contributed by atoms with Gasteiger partial charge in [-0.05, 0) is 68.6 Å². The summed E-state index contributed by atoms with van der Waals surface area (Å²) in [7, 11) is 0. The summed E-state index contributed by atoms with van der Waals surface area (Å²) in [6.45, 7) is 7.90. The van der Waals surface area contributed by atoms with Crippen molar-refractivity contribution >= 4 is 29.1 Å². The van der Waals surface area contributed by atoms with Crippen LogP contribution in [0, 0.1) is 19.8 Å². The molecule has 1 saturated heterocycles. The summed E-state index contributed by atoms with van der Waals surface area (Å²) in [5.41, 5.74) is 5.71. The molecule has 1 saturated carbocycles. The molecule has 5 rings (SSSR count). The lowest BCUT2D eigenvalue weighted by Crippen LogP contribution is -2.33. The molecule has 4 heteroatoms. The van der Waals surface area contributed by atoms with Crippen molar-refractivity contribution in [2.75, 3.05) is 18.0 Å². The summed E-state index contributed by atoms with van der Waals surface area (Å²) < 4.78 is 2.56. The maximum absolute atomic E-state index is 4.88. The van der Waals surface area contributed by atoms with E-state index in [4.69, 9.17) is 4.98 Å². The number of halogens is 1. The summed E-state index contributed by atoms with van der Waals surface area (Å²) in [5, 5.41) is 1.39. The number of aryl methyl sites for hydroxylation is 1. The molecule has 1 aliphatic carbocycles. The first kappa shape index (κ1) is 19.3. The van der Waals surface area contributed by atoms with E-state index in [9.17, 15) is 0 Å². The number of fused-ring (bicyclic) bond motifs is 1. The van der Waals surface area contributed by atoms with E-state index >= 15 is 0 Å². The molecular formula is C24H30ClN3. The second-order valence-electron chi connectivity index (χ2n) is 8.47. The number of benzene rings is 1. The molecule has 0 atom stereocenters. The summed E-state index contributed by atoms with van der Waals surface area (Å²) in [6, 6.07) is 13.2. The highest BCUT2D eigenvalue weighted by molar-refractivity contribution is 5.93. The Morgan fingerprint density at radius 2 is 1.68 bits per heavy atom. The third kappa shape index (κ3) is 3.41. The van der Waals surface area contributed by atoms with Crippen LogP contribution in [-0.2, 0) is 6.54 Å². The maximum atomic E-state index is 4.88. The standard InChI is InChI=1S/C24H29N3.ClH/c1-17-18(2)27(16-19-8-9-19)23-22(17)10-13-25-24(23)26-14-11-21(12-15-26)20-6-4-3-5-7-20;/h3-7,10,13,19,21H,8-9,11-12,14-16H2,1-2H3;1H. The number of rotatable bonds is 4. The van der Waals surface area contributed by atoms with Crippen molar-refractivity contribution < 1.29 is 0 Å². The van der Waals surface area contributed by atoms with Crippen LogP contribution in [0.1, 0.15) is 48.4 Å². The fourth-order valence-corrected chi connectivity index (χ4v) is 4.74. The molecular weight excluding hydrogens is 366 g/mol. The minimum Gasteiger partial charge on any atom is -0.355 e. The van der Waals surface area contributed by atoms with Crippen LogP contribution in [0.15, 0.2) is 42.6 Å². The number of piperidine rings is 1. The Morgan fingerprint density at radius 3 is 2.36 bits per heavy atom. The van der Waals surface area contributed by atoms with Crippen LogP contribution < -0.4 is 4.90 Å². The van der Waals surface area contributed by atoms with Gasteiger partial charge in [-0.15, -0.1) is 12.4 Å². The number of pyridine rings is 1. The van der Waals surface area contributed by atoms with E-state index in [0.29, 0.717) is 5.92 Å². The molecule has 2 aliphatic rings. The minimum atomic E-state index is 0. The highest BCUT2D eigenvalue weighted by Crippen LogP contribution is 2.38. The average Bonchev–Trinajstić information content (AvgIpc) is 3.52. The molecule has 1 aliphatic heterocycles. The van der Waals surface area contributed by atoms with Gasteiger partial charge in [0.15, 0.2) is 5.82 Å². The minimum absolute atomic E-state index is 0. The van der Waals surface area contributed by atoms with Gasteiger partial charge in [0.25, 0.3) is 0 Å². The summed E-state index contributed by atoms with van der Waals surface area (Å²) in [5.74, 6) is 2.76. The molecule has 3 aromatic rings. The highest BCUT2D eigenvalue weighted by atomic mass is 35.5. The number of nitrogens with zero attached hydrogens (tertiary/aromatic N) is 3. The summed E-state index contributed by atoms with van der Waals surface area (Å²) >= 11 is 0. The zero-order chi connectivity index (χ0) is 18.4. The van der Waals surface area contributed by atoms with Crippen molar-refractivity contribution in [2.45, 2.75) is 52.0 Å². The number of aromatic nitrogens is 2. The van der Waals surface area contributed by atoms with Crippen molar-refractivity contribution in [2.24, 2.45) is 5.92 Å². The molecule has 28 heavy (non-hydrogen) atoms. The first-order valence-electron chi connectivity index (χ1n) is 10.5. The van der Waals surface area contributed by atoms with Crippen LogP contribution >= 0.6 is 12.4 Å². The smallest absolute Gasteiger partial charge is 0.153 e. The quantitative estimate of drug-likeness (QED) is 0.550. The van der Waals surface area contributed by atoms with Gasteiger partial charge in [0.05, 0.1) is 5.52 Å². The van der Waals surface area contributed by atoms with E-state index < -0.39 is 0 Å². The van der Waals surface area contributed by atoms with Crippen LogP contribution in [0.5, 0.6) is 0 Å². The highest BCUT2D eigenvalue weighted by Gasteiger charge is 2.27. The van der Waals surface area contributed by atoms with Gasteiger partial charge in [-0.2, -0.15) is 0 Å². The normalized spacial score (nSPS) is 17.7. The van der Waals surface area contributed by atoms with E-state index in [1.807, 2.05) is 6.20 Å². The largest absolute Gasteiger partial charge is 0.355 e. The first-order valence-corrected chi connectivity index (χ1v) is 10.5. The molecule has 0 spiro atoms.